The Morgan fingerprint density at radius 3 is 2.65 bits per heavy atom. The van der Waals surface area contributed by atoms with E-state index < -0.39 is 18.0 Å². The van der Waals surface area contributed by atoms with Crippen molar-refractivity contribution >= 4 is 11.6 Å². The Morgan fingerprint density at radius 1 is 1.40 bits per heavy atom. The average molecular weight is 283 g/mol. The standard InChI is InChI=1S/C13H12F3N3O/c14-13(15,16)10-6-19(7-10)8-12(20)18-11-4-2-1-3-9(11)5-17/h1-4,10H,6-8H2,(H,18,20). The largest absolute Gasteiger partial charge is 0.394 e. The Morgan fingerprint density at radius 2 is 2.05 bits per heavy atom. The topological polar surface area (TPSA) is 56.1 Å². The summed E-state index contributed by atoms with van der Waals surface area (Å²) in [5.74, 6) is -1.77. The van der Waals surface area contributed by atoms with Gasteiger partial charge in [0.2, 0.25) is 5.91 Å². The van der Waals surface area contributed by atoms with Crippen LogP contribution in [0.4, 0.5) is 18.9 Å². The van der Waals surface area contributed by atoms with E-state index in [4.69, 9.17) is 5.26 Å². The number of likely N-dealkylation sites (tertiary alicyclic amines) is 1. The lowest BCUT2D eigenvalue weighted by Gasteiger charge is -2.39. The van der Waals surface area contributed by atoms with E-state index in [2.05, 4.69) is 5.32 Å². The molecule has 1 N–H and O–H groups in total. The van der Waals surface area contributed by atoms with Crippen molar-refractivity contribution < 1.29 is 18.0 Å². The zero-order chi connectivity index (χ0) is 14.8. The lowest BCUT2D eigenvalue weighted by molar-refractivity contribution is -0.208. The van der Waals surface area contributed by atoms with E-state index in [-0.39, 0.29) is 19.6 Å². The third-order valence-corrected chi connectivity index (χ3v) is 3.11. The smallest absolute Gasteiger partial charge is 0.324 e. The molecule has 20 heavy (non-hydrogen) atoms. The van der Waals surface area contributed by atoms with Crippen LogP contribution in [-0.4, -0.2) is 36.6 Å². The van der Waals surface area contributed by atoms with Crippen LogP contribution in [0.15, 0.2) is 24.3 Å². The van der Waals surface area contributed by atoms with Gasteiger partial charge in [0.25, 0.3) is 0 Å². The first-order chi connectivity index (χ1) is 9.40. The number of alkyl halides is 3. The molecule has 0 atom stereocenters. The Hall–Kier alpha value is -2.07. The van der Waals surface area contributed by atoms with E-state index in [1.807, 2.05) is 6.07 Å². The second-order valence-corrected chi connectivity index (χ2v) is 4.64. The number of benzene rings is 1. The molecule has 106 valence electrons. The summed E-state index contributed by atoms with van der Waals surface area (Å²) < 4.78 is 36.9. The molecule has 0 aromatic heterocycles. The van der Waals surface area contributed by atoms with Gasteiger partial charge >= 0.3 is 6.18 Å². The normalized spacial score (nSPS) is 16.3. The fraction of sp³-hybridized carbons (Fsp3) is 0.385. The maximum Gasteiger partial charge on any atom is 0.394 e. The monoisotopic (exact) mass is 283 g/mol. The quantitative estimate of drug-likeness (QED) is 0.923. The van der Waals surface area contributed by atoms with Crippen molar-refractivity contribution in [2.24, 2.45) is 5.92 Å². The van der Waals surface area contributed by atoms with Crippen LogP contribution in [0.5, 0.6) is 0 Å². The Labute approximate surface area is 113 Å². The van der Waals surface area contributed by atoms with Crippen molar-refractivity contribution in [2.45, 2.75) is 6.18 Å². The zero-order valence-corrected chi connectivity index (χ0v) is 10.4. The summed E-state index contributed by atoms with van der Waals surface area (Å²) in [6, 6.07) is 8.39. The molecule has 4 nitrogen and oxygen atoms in total. The van der Waals surface area contributed by atoms with Gasteiger partial charge in [0.15, 0.2) is 0 Å². The van der Waals surface area contributed by atoms with Crippen molar-refractivity contribution in [1.82, 2.24) is 4.90 Å². The predicted octanol–water partition coefficient (Wildman–Crippen LogP) is 1.99. The second kappa shape index (κ2) is 5.51. The number of nitriles is 1. The van der Waals surface area contributed by atoms with Crippen molar-refractivity contribution in [2.75, 3.05) is 25.0 Å². The minimum absolute atomic E-state index is 0.105. The number of hydrogen-bond donors (Lipinski definition) is 1. The van der Waals surface area contributed by atoms with Gasteiger partial charge in [-0.2, -0.15) is 18.4 Å². The predicted molar refractivity (Wildman–Crippen MR) is 65.8 cm³/mol. The molecule has 1 aromatic rings. The van der Waals surface area contributed by atoms with Crippen LogP contribution in [0.1, 0.15) is 5.56 Å². The van der Waals surface area contributed by atoms with Crippen LogP contribution in [0.3, 0.4) is 0 Å². The van der Waals surface area contributed by atoms with Crippen LogP contribution in [-0.2, 0) is 4.79 Å². The molecule has 0 saturated carbocycles. The van der Waals surface area contributed by atoms with Crippen molar-refractivity contribution in [1.29, 1.82) is 5.26 Å². The number of rotatable bonds is 3. The average Bonchev–Trinajstić information content (AvgIpc) is 2.32. The number of nitrogens with zero attached hydrogens (tertiary/aromatic N) is 2. The summed E-state index contributed by atoms with van der Waals surface area (Å²) >= 11 is 0. The molecule has 0 spiro atoms. The molecule has 7 heteroatoms. The lowest BCUT2D eigenvalue weighted by atomic mass is 10.00. The van der Waals surface area contributed by atoms with Gasteiger partial charge in [-0.15, -0.1) is 0 Å². The highest BCUT2D eigenvalue weighted by molar-refractivity contribution is 5.93. The first-order valence-electron chi connectivity index (χ1n) is 5.98. The molecule has 0 bridgehead atoms. The third kappa shape index (κ3) is 3.27. The Kier molecular flexibility index (Phi) is 3.95. The highest BCUT2D eigenvalue weighted by atomic mass is 19.4. The molecule has 1 aromatic carbocycles. The molecular weight excluding hydrogens is 271 g/mol. The molecule has 0 radical (unpaired) electrons. The minimum atomic E-state index is -4.19. The van der Waals surface area contributed by atoms with Crippen LogP contribution in [0, 0.1) is 17.2 Å². The summed E-state index contributed by atoms with van der Waals surface area (Å²) in [6.07, 6.45) is -4.19. The number of anilines is 1. The number of nitrogens with one attached hydrogen (secondary N) is 1. The van der Waals surface area contributed by atoms with Gasteiger partial charge in [-0.05, 0) is 12.1 Å². The first kappa shape index (κ1) is 14.3. The SMILES string of the molecule is N#Cc1ccccc1NC(=O)CN1CC(C(F)(F)F)C1. The summed E-state index contributed by atoms with van der Waals surface area (Å²) in [6.45, 7) is -0.417. The van der Waals surface area contributed by atoms with Crippen molar-refractivity contribution in [3.63, 3.8) is 0 Å². The molecule has 1 amide bonds. The molecule has 1 aliphatic rings. The van der Waals surface area contributed by atoms with Crippen LogP contribution in [0.2, 0.25) is 0 Å². The molecule has 0 unspecified atom stereocenters. The van der Waals surface area contributed by atoms with Crippen molar-refractivity contribution in [3.05, 3.63) is 29.8 Å². The van der Waals surface area contributed by atoms with Crippen molar-refractivity contribution in [3.8, 4) is 6.07 Å². The maximum atomic E-state index is 12.3. The summed E-state index contributed by atoms with van der Waals surface area (Å²) in [5, 5.41) is 11.4. The molecule has 1 fully saturated rings. The van der Waals surface area contributed by atoms with Gasteiger partial charge in [-0.25, -0.2) is 0 Å². The summed E-state index contributed by atoms with van der Waals surface area (Å²) in [7, 11) is 0. The maximum absolute atomic E-state index is 12.3. The van der Waals surface area contributed by atoms with E-state index in [0.29, 0.717) is 11.3 Å². The van der Waals surface area contributed by atoms with Crippen LogP contribution >= 0.6 is 0 Å². The molecule has 1 aliphatic heterocycles. The van der Waals surface area contributed by atoms with Crippen LogP contribution < -0.4 is 5.32 Å². The van der Waals surface area contributed by atoms with E-state index in [1.54, 1.807) is 24.3 Å². The van der Waals surface area contributed by atoms with Gasteiger partial charge in [0.1, 0.15) is 6.07 Å². The Bertz CT molecular complexity index is 545. The summed E-state index contributed by atoms with van der Waals surface area (Å²) in [5.41, 5.74) is 0.686. The van der Waals surface area contributed by atoms with Gasteiger partial charge in [-0.3, -0.25) is 9.69 Å². The molecule has 1 saturated heterocycles. The minimum Gasteiger partial charge on any atom is -0.324 e. The van der Waals surface area contributed by atoms with E-state index in [0.717, 1.165) is 0 Å². The van der Waals surface area contributed by atoms with Gasteiger partial charge in [-0.1, -0.05) is 12.1 Å². The van der Waals surface area contributed by atoms with E-state index in [1.165, 1.54) is 4.90 Å². The number of hydrogen-bond acceptors (Lipinski definition) is 3. The lowest BCUT2D eigenvalue weighted by Crippen LogP contribution is -2.55. The molecular formula is C13H12F3N3O. The zero-order valence-electron chi connectivity index (χ0n) is 10.4. The fourth-order valence-corrected chi connectivity index (χ4v) is 1.99. The highest BCUT2D eigenvalue weighted by Gasteiger charge is 2.47. The number of carbonyl (C=O) groups excluding carboxylic acids is 1. The van der Waals surface area contributed by atoms with E-state index in [9.17, 15) is 18.0 Å². The molecule has 0 aliphatic carbocycles. The van der Waals surface area contributed by atoms with E-state index >= 15 is 0 Å². The number of carbonyl (C=O) groups is 1. The summed E-state index contributed by atoms with van der Waals surface area (Å²) in [4.78, 5) is 13.1. The molecule has 1 heterocycles. The first-order valence-corrected chi connectivity index (χ1v) is 5.98. The number of halogens is 3. The Balaban J connectivity index is 1.85. The van der Waals surface area contributed by atoms with Gasteiger partial charge in [0.05, 0.1) is 23.7 Å². The highest BCUT2D eigenvalue weighted by Crippen LogP contribution is 2.33. The molecule has 2 rings (SSSR count). The number of amides is 1. The van der Waals surface area contributed by atoms with Crippen LogP contribution in [0.25, 0.3) is 0 Å². The third-order valence-electron chi connectivity index (χ3n) is 3.11. The second-order valence-electron chi connectivity index (χ2n) is 4.64. The number of para-hydroxylation sites is 1. The van der Waals surface area contributed by atoms with Gasteiger partial charge < -0.3 is 5.32 Å². The fourth-order valence-electron chi connectivity index (χ4n) is 1.99. The van der Waals surface area contributed by atoms with Gasteiger partial charge in [0, 0.05) is 13.1 Å².